The summed E-state index contributed by atoms with van der Waals surface area (Å²) in [5.74, 6) is 0. The van der Waals surface area contributed by atoms with Crippen molar-refractivity contribution >= 4 is 0 Å². The normalized spacial score (nSPS) is 18.7. The van der Waals surface area contributed by atoms with Crippen LogP contribution in [-0.2, 0) is 17.3 Å². The molecule has 6 aromatic rings. The number of benzene rings is 6. The van der Waals surface area contributed by atoms with Crippen LogP contribution in [0.25, 0.3) is 22.3 Å². The highest BCUT2D eigenvalue weighted by Gasteiger charge is 2.47. The number of allylic oxidation sites excluding steroid dienone is 4. The molecule has 0 heteroatoms. The molecule has 0 saturated heterocycles. The molecule has 0 saturated carbocycles. The van der Waals surface area contributed by atoms with Crippen molar-refractivity contribution in [2.24, 2.45) is 0 Å². The second-order valence-corrected chi connectivity index (χ2v) is 13.9. The van der Waals surface area contributed by atoms with E-state index in [4.69, 9.17) is 0 Å². The van der Waals surface area contributed by atoms with E-state index in [9.17, 15) is 0 Å². The van der Waals surface area contributed by atoms with Crippen LogP contribution in [0.4, 0.5) is 0 Å². The van der Waals surface area contributed by atoms with E-state index in [2.05, 4.69) is 180 Å². The van der Waals surface area contributed by atoms with Gasteiger partial charge >= 0.3 is 0 Å². The van der Waals surface area contributed by atoms with E-state index >= 15 is 0 Å². The first-order valence-corrected chi connectivity index (χ1v) is 17.4. The third-order valence-electron chi connectivity index (χ3n) is 11.4. The zero-order chi connectivity index (χ0) is 33.9. The fraction of sp³-hybridized carbons (Fsp3) is 0.143. The molecule has 0 aromatic heterocycles. The van der Waals surface area contributed by atoms with Gasteiger partial charge in [0.2, 0.25) is 0 Å². The summed E-state index contributed by atoms with van der Waals surface area (Å²) >= 11 is 0. The Labute approximate surface area is 291 Å². The highest BCUT2D eigenvalue weighted by Crippen LogP contribution is 2.58. The Bertz CT molecular complexity index is 2310. The van der Waals surface area contributed by atoms with Gasteiger partial charge in [-0.05, 0) is 112 Å². The third kappa shape index (κ3) is 4.30. The van der Waals surface area contributed by atoms with Gasteiger partial charge in [0.05, 0.1) is 10.8 Å². The van der Waals surface area contributed by atoms with Crippen LogP contribution in [0.5, 0.6) is 0 Å². The van der Waals surface area contributed by atoms with Crippen molar-refractivity contribution in [1.82, 2.24) is 0 Å². The number of aryl methyl sites for hydroxylation is 2. The Morgan fingerprint density at radius 1 is 0.612 bits per heavy atom. The fourth-order valence-electron chi connectivity index (χ4n) is 9.05. The molecule has 0 spiro atoms. The van der Waals surface area contributed by atoms with Crippen molar-refractivity contribution < 1.29 is 0 Å². The maximum absolute atomic E-state index is 4.53. The van der Waals surface area contributed by atoms with Gasteiger partial charge in [0, 0.05) is 0 Å². The maximum atomic E-state index is 4.53. The number of hydrogen-bond acceptors (Lipinski definition) is 0. The summed E-state index contributed by atoms with van der Waals surface area (Å²) in [6.45, 7) is 17.4. The minimum atomic E-state index is -0.390. The molecule has 0 amide bonds. The van der Waals surface area contributed by atoms with Crippen LogP contribution in [0.1, 0.15) is 69.5 Å². The highest BCUT2D eigenvalue weighted by atomic mass is 14.5. The van der Waals surface area contributed by atoms with Crippen LogP contribution in [0.2, 0.25) is 0 Å². The SMILES string of the molecule is C=CC(=C)C1(C(C)=CC)c2ccccc2-c2cc(Cc3ccc(C4(c5ccc(C)cc5)c5ccccc5-c5c(C)cccc54)cc3)ccc21. The van der Waals surface area contributed by atoms with E-state index in [1.54, 1.807) is 0 Å². The molecule has 2 atom stereocenters. The molecule has 8 rings (SSSR count). The topological polar surface area (TPSA) is 0 Å². The average Bonchev–Trinajstić information content (AvgIpc) is 3.61. The van der Waals surface area contributed by atoms with E-state index in [-0.39, 0.29) is 10.8 Å². The maximum Gasteiger partial charge on any atom is 0.0713 e. The van der Waals surface area contributed by atoms with Crippen LogP contribution in [-0.4, -0.2) is 0 Å². The molecular formula is C49H42. The quantitative estimate of drug-likeness (QED) is 0.121. The second-order valence-electron chi connectivity index (χ2n) is 13.9. The lowest BCUT2D eigenvalue weighted by atomic mass is 9.67. The molecule has 2 aliphatic carbocycles. The van der Waals surface area contributed by atoms with Crippen molar-refractivity contribution in [3.63, 3.8) is 0 Å². The van der Waals surface area contributed by atoms with E-state index in [0.717, 1.165) is 12.0 Å². The van der Waals surface area contributed by atoms with Gasteiger partial charge in [-0.2, -0.15) is 0 Å². The van der Waals surface area contributed by atoms with E-state index in [0.29, 0.717) is 0 Å². The Hall–Kier alpha value is -5.46. The molecule has 0 fully saturated rings. The molecule has 0 bridgehead atoms. The summed E-state index contributed by atoms with van der Waals surface area (Å²) in [7, 11) is 0. The average molecular weight is 631 g/mol. The molecule has 49 heavy (non-hydrogen) atoms. The summed E-state index contributed by atoms with van der Waals surface area (Å²) in [5, 5.41) is 0. The van der Waals surface area contributed by atoms with Gasteiger partial charge in [0.25, 0.3) is 0 Å². The smallest absolute Gasteiger partial charge is 0.0713 e. The largest absolute Gasteiger partial charge is 0.0988 e. The highest BCUT2D eigenvalue weighted by molar-refractivity contribution is 5.88. The van der Waals surface area contributed by atoms with E-state index in [1.165, 1.54) is 83.5 Å². The first-order chi connectivity index (χ1) is 23.8. The number of hydrogen-bond donors (Lipinski definition) is 0. The van der Waals surface area contributed by atoms with Crippen molar-refractivity contribution in [3.8, 4) is 22.3 Å². The molecule has 0 heterocycles. The summed E-state index contributed by atoms with van der Waals surface area (Å²) in [5.41, 5.74) is 19.9. The molecule has 2 unspecified atom stereocenters. The van der Waals surface area contributed by atoms with Crippen LogP contribution < -0.4 is 0 Å². The molecule has 0 nitrogen and oxygen atoms in total. The van der Waals surface area contributed by atoms with Crippen molar-refractivity contribution in [3.05, 3.63) is 226 Å². The standard InChI is InChI=1S/C49H42/c1-7-34(5)48(35(6)8-2)43-17-11-9-15-40(43)42-31-37(24-29-45(42)48)30-36-22-27-39(28-23-36)49(38-25-20-32(3)21-26-38)44-18-12-10-16-41(44)47-33(4)14-13-19-46(47)49/h7-29,31H,1,5,30H2,2-4,6H3. The lowest BCUT2D eigenvalue weighted by Gasteiger charge is -2.34. The van der Waals surface area contributed by atoms with Crippen LogP contribution in [0.15, 0.2) is 170 Å². The molecular weight excluding hydrogens is 589 g/mol. The molecule has 0 aliphatic heterocycles. The predicted molar refractivity (Wildman–Crippen MR) is 207 cm³/mol. The Morgan fingerprint density at radius 2 is 1.20 bits per heavy atom. The van der Waals surface area contributed by atoms with E-state index in [1.807, 2.05) is 6.08 Å². The zero-order valence-corrected chi connectivity index (χ0v) is 29.0. The Morgan fingerprint density at radius 3 is 1.90 bits per heavy atom. The summed E-state index contributed by atoms with van der Waals surface area (Å²) in [4.78, 5) is 0. The Kier molecular flexibility index (Phi) is 7.30. The first-order valence-electron chi connectivity index (χ1n) is 17.4. The summed E-state index contributed by atoms with van der Waals surface area (Å²) < 4.78 is 0. The van der Waals surface area contributed by atoms with Crippen LogP contribution in [0.3, 0.4) is 0 Å². The molecule has 238 valence electrons. The third-order valence-corrected chi connectivity index (χ3v) is 11.4. The van der Waals surface area contributed by atoms with Gasteiger partial charge in [-0.1, -0.05) is 170 Å². The van der Waals surface area contributed by atoms with Gasteiger partial charge in [-0.15, -0.1) is 0 Å². The lowest BCUT2D eigenvalue weighted by Crippen LogP contribution is -2.28. The van der Waals surface area contributed by atoms with Crippen molar-refractivity contribution in [1.29, 1.82) is 0 Å². The molecule has 6 aromatic carbocycles. The first kappa shape index (κ1) is 30.8. The summed E-state index contributed by atoms with van der Waals surface area (Å²) in [6.07, 6.45) is 5.01. The van der Waals surface area contributed by atoms with Crippen molar-refractivity contribution in [2.75, 3.05) is 0 Å². The van der Waals surface area contributed by atoms with E-state index < -0.39 is 0 Å². The Balaban J connectivity index is 1.23. The number of rotatable bonds is 7. The zero-order valence-electron chi connectivity index (χ0n) is 29.0. The van der Waals surface area contributed by atoms with Crippen LogP contribution in [0, 0.1) is 13.8 Å². The minimum Gasteiger partial charge on any atom is -0.0988 e. The van der Waals surface area contributed by atoms with Gasteiger partial charge in [0.1, 0.15) is 0 Å². The predicted octanol–water partition coefficient (Wildman–Crippen LogP) is 12.2. The lowest BCUT2D eigenvalue weighted by molar-refractivity contribution is 0.746. The van der Waals surface area contributed by atoms with Gasteiger partial charge in [-0.25, -0.2) is 0 Å². The molecule has 2 aliphatic rings. The minimum absolute atomic E-state index is 0.386. The molecule has 0 radical (unpaired) electrons. The van der Waals surface area contributed by atoms with Crippen LogP contribution >= 0.6 is 0 Å². The number of fused-ring (bicyclic) bond motifs is 6. The monoisotopic (exact) mass is 630 g/mol. The fourth-order valence-corrected chi connectivity index (χ4v) is 9.05. The summed E-state index contributed by atoms with van der Waals surface area (Å²) in [6, 6.07) is 50.3. The van der Waals surface area contributed by atoms with Gasteiger partial charge < -0.3 is 0 Å². The second kappa shape index (κ2) is 11.6. The van der Waals surface area contributed by atoms with Gasteiger partial charge in [0.15, 0.2) is 0 Å². The molecule has 0 N–H and O–H groups in total. The van der Waals surface area contributed by atoms with Crippen molar-refractivity contribution in [2.45, 2.75) is 44.9 Å². The van der Waals surface area contributed by atoms with Gasteiger partial charge in [-0.3, -0.25) is 0 Å².